The minimum atomic E-state index is -0.444. The normalized spacial score (nSPS) is 21.8. The predicted molar refractivity (Wildman–Crippen MR) is 88.5 cm³/mol. The van der Waals surface area contributed by atoms with Crippen molar-refractivity contribution in [1.29, 1.82) is 0 Å². The molecule has 1 amide bonds. The van der Waals surface area contributed by atoms with E-state index in [0.29, 0.717) is 19.6 Å². The van der Waals surface area contributed by atoms with Crippen molar-refractivity contribution in [1.82, 2.24) is 24.5 Å². The van der Waals surface area contributed by atoms with Crippen LogP contribution in [0.5, 0.6) is 0 Å². The average molecular weight is 337 g/mol. The molecule has 3 heterocycles. The topological polar surface area (TPSA) is 74.1 Å². The van der Waals surface area contributed by atoms with Crippen LogP contribution in [0.2, 0.25) is 0 Å². The number of rotatable bonds is 6. The summed E-state index contributed by atoms with van der Waals surface area (Å²) < 4.78 is 7.05. The SMILES string of the molecule is O=C(CN1CCOCC1)N1CCN(CC(O)Cn2cccn2)CC1. The van der Waals surface area contributed by atoms with Gasteiger partial charge >= 0.3 is 0 Å². The molecular formula is C16H27N5O3. The van der Waals surface area contributed by atoms with Gasteiger partial charge < -0.3 is 14.7 Å². The maximum Gasteiger partial charge on any atom is 0.236 e. The van der Waals surface area contributed by atoms with E-state index in [1.165, 1.54) is 0 Å². The fourth-order valence-electron chi connectivity index (χ4n) is 3.21. The van der Waals surface area contributed by atoms with Gasteiger partial charge in [-0.05, 0) is 6.07 Å². The van der Waals surface area contributed by atoms with E-state index in [0.717, 1.165) is 52.5 Å². The van der Waals surface area contributed by atoms with Crippen molar-refractivity contribution in [2.75, 3.05) is 65.6 Å². The summed E-state index contributed by atoms with van der Waals surface area (Å²) in [5.74, 6) is 0.202. The first kappa shape index (κ1) is 17.3. The number of morpholine rings is 1. The Hall–Kier alpha value is -1.48. The van der Waals surface area contributed by atoms with Gasteiger partial charge in [0.15, 0.2) is 0 Å². The van der Waals surface area contributed by atoms with Crippen molar-refractivity contribution < 1.29 is 14.6 Å². The highest BCUT2D eigenvalue weighted by Crippen LogP contribution is 2.06. The Balaban J connectivity index is 1.36. The Kier molecular flexibility index (Phi) is 6.19. The number of aliphatic hydroxyl groups excluding tert-OH is 1. The minimum Gasteiger partial charge on any atom is -0.390 e. The Morgan fingerprint density at radius 2 is 1.83 bits per heavy atom. The first-order chi connectivity index (χ1) is 11.7. The van der Waals surface area contributed by atoms with Gasteiger partial charge in [-0.2, -0.15) is 5.10 Å². The van der Waals surface area contributed by atoms with Gasteiger partial charge in [-0.1, -0.05) is 0 Å². The molecule has 8 nitrogen and oxygen atoms in total. The number of aliphatic hydroxyl groups is 1. The number of β-amino-alcohol motifs (C(OH)–C–C–N with tert-alkyl or cyclic N) is 1. The van der Waals surface area contributed by atoms with Crippen LogP contribution in [0.3, 0.4) is 0 Å². The molecular weight excluding hydrogens is 310 g/mol. The van der Waals surface area contributed by atoms with Gasteiger partial charge in [-0.3, -0.25) is 19.3 Å². The second-order valence-corrected chi connectivity index (χ2v) is 6.45. The van der Waals surface area contributed by atoms with Crippen molar-refractivity contribution in [3.05, 3.63) is 18.5 Å². The Bertz CT molecular complexity index is 496. The van der Waals surface area contributed by atoms with Crippen molar-refractivity contribution >= 4 is 5.91 Å². The molecule has 0 bridgehead atoms. The Labute approximate surface area is 142 Å². The first-order valence-electron chi connectivity index (χ1n) is 8.66. The van der Waals surface area contributed by atoms with Crippen LogP contribution in [0.25, 0.3) is 0 Å². The maximum absolute atomic E-state index is 12.4. The lowest BCUT2D eigenvalue weighted by Crippen LogP contribution is -2.53. The van der Waals surface area contributed by atoms with E-state index in [1.807, 2.05) is 17.2 Å². The van der Waals surface area contributed by atoms with Crippen LogP contribution in [0.1, 0.15) is 0 Å². The lowest BCUT2D eigenvalue weighted by Gasteiger charge is -2.37. The summed E-state index contributed by atoms with van der Waals surface area (Å²) in [5, 5.41) is 14.3. The van der Waals surface area contributed by atoms with E-state index in [1.54, 1.807) is 10.9 Å². The van der Waals surface area contributed by atoms with E-state index >= 15 is 0 Å². The van der Waals surface area contributed by atoms with E-state index in [2.05, 4.69) is 14.9 Å². The number of amides is 1. The largest absolute Gasteiger partial charge is 0.390 e. The molecule has 0 spiro atoms. The second kappa shape index (κ2) is 8.57. The van der Waals surface area contributed by atoms with Gasteiger partial charge in [-0.25, -0.2) is 0 Å². The number of carbonyl (C=O) groups excluding carboxylic acids is 1. The quantitative estimate of drug-likeness (QED) is 0.697. The summed E-state index contributed by atoms with van der Waals surface area (Å²) in [5.41, 5.74) is 0. The van der Waals surface area contributed by atoms with E-state index < -0.39 is 6.10 Å². The molecule has 1 atom stereocenters. The number of ether oxygens (including phenoxy) is 1. The molecule has 24 heavy (non-hydrogen) atoms. The zero-order chi connectivity index (χ0) is 16.8. The molecule has 134 valence electrons. The van der Waals surface area contributed by atoms with E-state index in [-0.39, 0.29) is 5.91 Å². The van der Waals surface area contributed by atoms with Gasteiger partial charge in [0.2, 0.25) is 5.91 Å². The van der Waals surface area contributed by atoms with Crippen LogP contribution in [-0.4, -0.2) is 107 Å². The standard InChI is InChI=1S/C16H27N5O3/c22-15(13-21-3-1-2-17-21)12-18-4-6-20(7-5-18)16(23)14-19-8-10-24-11-9-19/h1-3,15,22H,4-14H2. The van der Waals surface area contributed by atoms with Crippen LogP contribution in [0, 0.1) is 0 Å². The number of nitrogens with zero attached hydrogens (tertiary/aromatic N) is 5. The summed E-state index contributed by atoms with van der Waals surface area (Å²) >= 11 is 0. The molecule has 1 aromatic rings. The maximum atomic E-state index is 12.4. The lowest BCUT2D eigenvalue weighted by molar-refractivity contribution is -0.135. The molecule has 2 fully saturated rings. The third-order valence-electron chi connectivity index (χ3n) is 4.61. The highest BCUT2D eigenvalue weighted by atomic mass is 16.5. The number of hydrogen-bond acceptors (Lipinski definition) is 6. The Morgan fingerprint density at radius 3 is 2.50 bits per heavy atom. The third-order valence-corrected chi connectivity index (χ3v) is 4.61. The molecule has 0 aromatic carbocycles. The first-order valence-corrected chi connectivity index (χ1v) is 8.66. The van der Waals surface area contributed by atoms with E-state index in [9.17, 15) is 9.90 Å². The highest BCUT2D eigenvalue weighted by molar-refractivity contribution is 5.78. The zero-order valence-corrected chi connectivity index (χ0v) is 14.1. The second-order valence-electron chi connectivity index (χ2n) is 6.45. The van der Waals surface area contributed by atoms with Crippen LogP contribution < -0.4 is 0 Å². The third kappa shape index (κ3) is 5.01. The molecule has 1 aromatic heterocycles. The number of hydrogen-bond donors (Lipinski definition) is 1. The summed E-state index contributed by atoms with van der Waals surface area (Å²) in [4.78, 5) is 18.7. The molecule has 8 heteroatoms. The molecule has 2 aliphatic rings. The fraction of sp³-hybridized carbons (Fsp3) is 0.750. The molecule has 3 rings (SSSR count). The molecule has 0 saturated carbocycles. The van der Waals surface area contributed by atoms with Crippen LogP contribution in [0.15, 0.2) is 18.5 Å². The van der Waals surface area contributed by atoms with Gasteiger partial charge in [-0.15, -0.1) is 0 Å². The van der Waals surface area contributed by atoms with Crippen molar-refractivity contribution in [2.45, 2.75) is 12.6 Å². The molecule has 2 saturated heterocycles. The van der Waals surface area contributed by atoms with Crippen LogP contribution in [-0.2, 0) is 16.1 Å². The fourth-order valence-corrected chi connectivity index (χ4v) is 3.21. The summed E-state index contributed by atoms with van der Waals surface area (Å²) in [6, 6.07) is 1.85. The molecule has 1 unspecified atom stereocenters. The van der Waals surface area contributed by atoms with Gasteiger partial charge in [0, 0.05) is 58.2 Å². The number of carbonyl (C=O) groups is 1. The molecule has 0 aliphatic carbocycles. The zero-order valence-electron chi connectivity index (χ0n) is 14.1. The number of aromatic nitrogens is 2. The Morgan fingerprint density at radius 1 is 1.08 bits per heavy atom. The summed E-state index contributed by atoms with van der Waals surface area (Å²) in [6.07, 6.45) is 3.12. The minimum absolute atomic E-state index is 0.202. The highest BCUT2D eigenvalue weighted by Gasteiger charge is 2.24. The monoisotopic (exact) mass is 337 g/mol. The smallest absolute Gasteiger partial charge is 0.236 e. The molecule has 1 N–H and O–H groups in total. The summed E-state index contributed by atoms with van der Waals surface area (Å²) in [7, 11) is 0. The molecule has 0 radical (unpaired) electrons. The van der Waals surface area contributed by atoms with Gasteiger partial charge in [0.05, 0.1) is 32.4 Å². The van der Waals surface area contributed by atoms with E-state index in [4.69, 9.17) is 4.74 Å². The van der Waals surface area contributed by atoms with Gasteiger partial charge in [0.25, 0.3) is 0 Å². The van der Waals surface area contributed by atoms with Crippen molar-refractivity contribution in [3.63, 3.8) is 0 Å². The predicted octanol–water partition coefficient (Wildman–Crippen LogP) is -1.28. The van der Waals surface area contributed by atoms with Crippen molar-refractivity contribution in [2.24, 2.45) is 0 Å². The average Bonchev–Trinajstić information content (AvgIpc) is 3.09. The van der Waals surface area contributed by atoms with Gasteiger partial charge in [0.1, 0.15) is 0 Å². The van der Waals surface area contributed by atoms with Crippen LogP contribution in [0.4, 0.5) is 0 Å². The van der Waals surface area contributed by atoms with Crippen LogP contribution >= 0.6 is 0 Å². The molecule has 2 aliphatic heterocycles. The van der Waals surface area contributed by atoms with Crippen molar-refractivity contribution in [3.8, 4) is 0 Å². The number of piperazine rings is 1. The summed E-state index contributed by atoms with van der Waals surface area (Å²) in [6.45, 7) is 7.81. The lowest BCUT2D eigenvalue weighted by atomic mass is 10.2.